The van der Waals surface area contributed by atoms with Gasteiger partial charge in [-0.2, -0.15) is 0 Å². The van der Waals surface area contributed by atoms with Gasteiger partial charge in [-0.05, 0) is 39.0 Å². The van der Waals surface area contributed by atoms with E-state index in [9.17, 15) is 4.79 Å². The molecule has 1 amide bonds. The van der Waals surface area contributed by atoms with E-state index in [1.165, 1.54) is 6.07 Å². The van der Waals surface area contributed by atoms with Gasteiger partial charge in [0.25, 0.3) is 5.91 Å². The first-order valence-corrected chi connectivity index (χ1v) is 6.91. The molecule has 0 fully saturated rings. The number of carbonyl (C=O) groups is 1. The van der Waals surface area contributed by atoms with Crippen LogP contribution in [0.4, 0.5) is 11.8 Å². The highest BCUT2D eigenvalue weighted by molar-refractivity contribution is 6.30. The van der Waals surface area contributed by atoms with Crippen LogP contribution in [0.3, 0.4) is 0 Å². The number of hydrogen-bond donors (Lipinski definition) is 2. The number of anilines is 2. The topological polar surface area (TPSA) is 79.8 Å². The molecule has 0 bridgehead atoms. The molecular weight excluding hydrogens is 290 g/mol. The van der Waals surface area contributed by atoms with Gasteiger partial charge in [-0.15, -0.1) is 0 Å². The van der Waals surface area contributed by atoms with Gasteiger partial charge in [0.15, 0.2) is 0 Å². The van der Waals surface area contributed by atoms with Crippen molar-refractivity contribution in [3.8, 4) is 0 Å². The standard InChI is InChI=1S/C14H16ClN5O/c1-4-16-12-7-10(6-11(15)19-12)13(21)20-14-17-8(2)5-9(3)18-14/h5-7H,4H2,1-3H3,(H,16,19)(H,17,18,20,21). The van der Waals surface area contributed by atoms with Crippen molar-refractivity contribution in [2.45, 2.75) is 20.8 Å². The average molecular weight is 306 g/mol. The zero-order valence-corrected chi connectivity index (χ0v) is 12.8. The molecule has 0 aliphatic rings. The number of amides is 1. The zero-order chi connectivity index (χ0) is 15.4. The molecule has 2 aromatic rings. The lowest BCUT2D eigenvalue weighted by molar-refractivity contribution is 0.102. The SMILES string of the molecule is CCNc1cc(C(=O)Nc2nc(C)cc(C)n2)cc(Cl)n1. The molecule has 6 nitrogen and oxygen atoms in total. The van der Waals surface area contributed by atoms with Gasteiger partial charge in [-0.1, -0.05) is 11.6 Å². The Balaban J connectivity index is 2.23. The quantitative estimate of drug-likeness (QED) is 0.849. The van der Waals surface area contributed by atoms with Gasteiger partial charge in [0.2, 0.25) is 5.95 Å². The van der Waals surface area contributed by atoms with Crippen LogP contribution in [0.1, 0.15) is 28.7 Å². The first-order chi connectivity index (χ1) is 9.97. The Labute approximate surface area is 128 Å². The second kappa shape index (κ2) is 6.49. The van der Waals surface area contributed by atoms with Crippen LogP contribution in [0, 0.1) is 13.8 Å². The van der Waals surface area contributed by atoms with Crippen molar-refractivity contribution < 1.29 is 4.79 Å². The monoisotopic (exact) mass is 305 g/mol. The molecule has 0 radical (unpaired) electrons. The fourth-order valence-corrected chi connectivity index (χ4v) is 2.06. The number of nitrogens with one attached hydrogen (secondary N) is 2. The fourth-order valence-electron chi connectivity index (χ4n) is 1.86. The van der Waals surface area contributed by atoms with E-state index in [2.05, 4.69) is 25.6 Å². The van der Waals surface area contributed by atoms with E-state index in [-0.39, 0.29) is 17.0 Å². The minimum atomic E-state index is -0.330. The molecule has 7 heteroatoms. The molecule has 0 saturated heterocycles. The Kier molecular flexibility index (Phi) is 4.70. The largest absolute Gasteiger partial charge is 0.370 e. The molecule has 2 aromatic heterocycles. The molecule has 2 heterocycles. The summed E-state index contributed by atoms with van der Waals surface area (Å²) in [6.45, 7) is 6.31. The van der Waals surface area contributed by atoms with Crippen LogP contribution in [-0.4, -0.2) is 27.4 Å². The molecule has 0 unspecified atom stereocenters. The van der Waals surface area contributed by atoms with Crippen LogP contribution >= 0.6 is 11.6 Å². The van der Waals surface area contributed by atoms with Crippen molar-refractivity contribution >= 4 is 29.3 Å². The highest BCUT2D eigenvalue weighted by atomic mass is 35.5. The first kappa shape index (κ1) is 15.2. The number of hydrogen-bond acceptors (Lipinski definition) is 5. The minimum Gasteiger partial charge on any atom is -0.370 e. The zero-order valence-electron chi connectivity index (χ0n) is 12.1. The van der Waals surface area contributed by atoms with E-state index in [1.807, 2.05) is 26.8 Å². The van der Waals surface area contributed by atoms with Gasteiger partial charge in [-0.25, -0.2) is 15.0 Å². The van der Waals surface area contributed by atoms with Crippen LogP contribution in [0.15, 0.2) is 18.2 Å². The van der Waals surface area contributed by atoms with Crippen molar-refractivity contribution in [2.75, 3.05) is 17.2 Å². The number of pyridine rings is 1. The molecule has 0 aromatic carbocycles. The highest BCUT2D eigenvalue weighted by Crippen LogP contribution is 2.15. The summed E-state index contributed by atoms with van der Waals surface area (Å²) in [6, 6.07) is 4.97. The maximum Gasteiger partial charge on any atom is 0.258 e. The summed E-state index contributed by atoms with van der Waals surface area (Å²) in [6.07, 6.45) is 0. The van der Waals surface area contributed by atoms with E-state index in [1.54, 1.807) is 6.07 Å². The first-order valence-electron chi connectivity index (χ1n) is 6.53. The summed E-state index contributed by atoms with van der Waals surface area (Å²) in [4.78, 5) is 24.7. The average Bonchev–Trinajstić information content (AvgIpc) is 2.37. The molecule has 0 saturated carbocycles. The molecular formula is C14H16ClN5O. The fraction of sp³-hybridized carbons (Fsp3) is 0.286. The van der Waals surface area contributed by atoms with Gasteiger partial charge in [0.05, 0.1) is 0 Å². The van der Waals surface area contributed by atoms with Crippen LogP contribution in [-0.2, 0) is 0 Å². The maximum absolute atomic E-state index is 12.2. The molecule has 2 rings (SSSR count). The van der Waals surface area contributed by atoms with E-state index < -0.39 is 0 Å². The Bertz CT molecular complexity index is 654. The van der Waals surface area contributed by atoms with Crippen molar-refractivity contribution in [1.29, 1.82) is 0 Å². The van der Waals surface area contributed by atoms with E-state index in [4.69, 9.17) is 11.6 Å². The van der Waals surface area contributed by atoms with Crippen LogP contribution < -0.4 is 10.6 Å². The lowest BCUT2D eigenvalue weighted by Gasteiger charge is -2.08. The van der Waals surface area contributed by atoms with Crippen molar-refractivity contribution in [1.82, 2.24) is 15.0 Å². The lowest BCUT2D eigenvalue weighted by atomic mass is 10.2. The van der Waals surface area contributed by atoms with Gasteiger partial charge >= 0.3 is 0 Å². The predicted molar refractivity (Wildman–Crippen MR) is 82.9 cm³/mol. The molecule has 0 atom stereocenters. The maximum atomic E-state index is 12.2. The molecule has 21 heavy (non-hydrogen) atoms. The summed E-state index contributed by atoms with van der Waals surface area (Å²) < 4.78 is 0. The minimum absolute atomic E-state index is 0.250. The molecule has 0 aliphatic carbocycles. The number of carbonyl (C=O) groups excluding carboxylic acids is 1. The van der Waals surface area contributed by atoms with Gasteiger partial charge in [0.1, 0.15) is 11.0 Å². The van der Waals surface area contributed by atoms with Crippen LogP contribution in [0.25, 0.3) is 0 Å². The van der Waals surface area contributed by atoms with E-state index in [0.717, 1.165) is 11.4 Å². The lowest BCUT2D eigenvalue weighted by Crippen LogP contribution is -2.15. The molecule has 0 spiro atoms. The number of rotatable bonds is 4. The van der Waals surface area contributed by atoms with Crippen molar-refractivity contribution in [2.24, 2.45) is 0 Å². The number of nitrogens with zero attached hydrogens (tertiary/aromatic N) is 3. The third-order valence-corrected chi connectivity index (χ3v) is 2.82. The van der Waals surface area contributed by atoms with Crippen molar-refractivity contribution in [3.05, 3.63) is 40.3 Å². The summed E-state index contributed by atoms with van der Waals surface area (Å²) in [5.41, 5.74) is 1.98. The molecule has 110 valence electrons. The highest BCUT2D eigenvalue weighted by Gasteiger charge is 2.11. The summed E-state index contributed by atoms with van der Waals surface area (Å²) in [5.74, 6) is 0.496. The second-order valence-corrected chi connectivity index (χ2v) is 4.91. The third-order valence-electron chi connectivity index (χ3n) is 2.62. The molecule has 2 N–H and O–H groups in total. The Morgan fingerprint density at radius 3 is 2.43 bits per heavy atom. The summed E-state index contributed by atoms with van der Waals surface area (Å²) in [5, 5.41) is 5.93. The van der Waals surface area contributed by atoms with E-state index in [0.29, 0.717) is 17.9 Å². The molecule has 0 aliphatic heterocycles. The van der Waals surface area contributed by atoms with Crippen molar-refractivity contribution in [3.63, 3.8) is 0 Å². The van der Waals surface area contributed by atoms with Gasteiger partial charge in [-0.3, -0.25) is 10.1 Å². The van der Waals surface area contributed by atoms with Crippen LogP contribution in [0.5, 0.6) is 0 Å². The number of aromatic nitrogens is 3. The van der Waals surface area contributed by atoms with Crippen LogP contribution in [0.2, 0.25) is 5.15 Å². The Hall–Kier alpha value is -2.21. The Morgan fingerprint density at radius 1 is 1.14 bits per heavy atom. The second-order valence-electron chi connectivity index (χ2n) is 4.52. The number of aryl methyl sites for hydroxylation is 2. The summed E-state index contributed by atoms with van der Waals surface area (Å²) in [7, 11) is 0. The van der Waals surface area contributed by atoms with Gasteiger partial charge < -0.3 is 5.32 Å². The number of halogens is 1. The smallest absolute Gasteiger partial charge is 0.258 e. The Morgan fingerprint density at radius 2 is 1.81 bits per heavy atom. The van der Waals surface area contributed by atoms with E-state index >= 15 is 0 Å². The summed E-state index contributed by atoms with van der Waals surface area (Å²) >= 11 is 5.92. The normalized spacial score (nSPS) is 10.3. The van der Waals surface area contributed by atoms with Gasteiger partial charge in [0, 0.05) is 23.5 Å². The predicted octanol–water partition coefficient (Wildman–Crippen LogP) is 2.83. The third kappa shape index (κ3) is 4.13.